The molecule has 0 aromatic heterocycles. The molecule has 0 unspecified atom stereocenters. The van der Waals surface area contributed by atoms with Crippen molar-refractivity contribution < 1.29 is 37.9 Å². The van der Waals surface area contributed by atoms with Crippen molar-refractivity contribution >= 4 is 0 Å². The van der Waals surface area contributed by atoms with Gasteiger partial charge < -0.3 is 37.9 Å². The van der Waals surface area contributed by atoms with E-state index in [2.05, 4.69) is 119 Å². The standard InChI is InChI=1S/2C12H16O2.2C11H14O2/c1-12(2,3)9-4-5-10-11(8-9)14-7-6-13-10;1-12(2,3)9-5-4-6-10-11(9)14-8-7-13-10;1-11(2,3)8-4-5-9-10(6-8)13-7-12-9;1-11(2,3)8-5-4-6-9-10(8)13-7-12-9/h4-5,8H,6-7H2,1-3H3;4-6H,7-8H2,1-3H3;2*4-6H,7H2,1-3H3. The Kier molecular flexibility index (Phi) is 12.2. The normalized spacial score (nSPS) is 15.0. The summed E-state index contributed by atoms with van der Waals surface area (Å²) in [4.78, 5) is 0. The first kappa shape index (κ1) is 40.5. The SMILES string of the molecule is CC(C)(C)c1ccc2c(c1)OCCO2.CC(C)(C)c1ccc2c(c1)OCO2.CC(C)(C)c1cccc2c1OCCO2.CC(C)(C)c1cccc2c1OCO2. The van der Waals surface area contributed by atoms with Crippen molar-refractivity contribution in [1.82, 2.24) is 0 Å². The van der Waals surface area contributed by atoms with Crippen molar-refractivity contribution in [2.75, 3.05) is 40.0 Å². The molecule has 292 valence electrons. The second-order valence-corrected chi connectivity index (χ2v) is 17.8. The summed E-state index contributed by atoms with van der Waals surface area (Å²) in [6, 6.07) is 24.4. The Bertz CT molecular complexity index is 1870. The van der Waals surface area contributed by atoms with Crippen molar-refractivity contribution in [3.8, 4) is 46.0 Å². The lowest BCUT2D eigenvalue weighted by Crippen LogP contribution is -2.20. The summed E-state index contributed by atoms with van der Waals surface area (Å²) in [5.74, 6) is 7.05. The molecule has 8 rings (SSSR count). The van der Waals surface area contributed by atoms with Crippen molar-refractivity contribution in [3.05, 3.63) is 95.1 Å². The summed E-state index contributed by atoms with van der Waals surface area (Å²) in [6.45, 7) is 29.5. The fraction of sp³-hybridized carbons (Fsp3) is 0.478. The Labute approximate surface area is 323 Å². The van der Waals surface area contributed by atoms with Gasteiger partial charge in [-0.25, -0.2) is 0 Å². The van der Waals surface area contributed by atoms with Crippen LogP contribution in [0.3, 0.4) is 0 Å². The highest BCUT2D eigenvalue weighted by molar-refractivity contribution is 5.52. The van der Waals surface area contributed by atoms with Crippen LogP contribution in [0.2, 0.25) is 0 Å². The number of benzene rings is 4. The van der Waals surface area contributed by atoms with Crippen molar-refractivity contribution in [2.24, 2.45) is 0 Å². The topological polar surface area (TPSA) is 73.8 Å². The fourth-order valence-electron chi connectivity index (χ4n) is 6.06. The average molecular weight is 741 g/mol. The van der Waals surface area contributed by atoms with Crippen LogP contribution < -0.4 is 37.9 Å². The van der Waals surface area contributed by atoms with Gasteiger partial charge in [-0.3, -0.25) is 0 Å². The second kappa shape index (κ2) is 16.3. The number of para-hydroxylation sites is 2. The quantitative estimate of drug-likeness (QED) is 0.176. The van der Waals surface area contributed by atoms with Crippen LogP contribution in [-0.2, 0) is 21.7 Å². The van der Waals surface area contributed by atoms with E-state index < -0.39 is 0 Å². The fourth-order valence-corrected chi connectivity index (χ4v) is 6.06. The van der Waals surface area contributed by atoms with E-state index in [1.54, 1.807) is 0 Å². The molecule has 0 saturated carbocycles. The highest BCUT2D eigenvalue weighted by Gasteiger charge is 2.26. The van der Waals surface area contributed by atoms with E-state index in [9.17, 15) is 0 Å². The Hall–Kier alpha value is -4.72. The summed E-state index contributed by atoms with van der Waals surface area (Å²) in [5, 5.41) is 0. The smallest absolute Gasteiger partial charge is 0.231 e. The van der Waals surface area contributed by atoms with Crippen LogP contribution in [0.15, 0.2) is 72.8 Å². The molecule has 8 nitrogen and oxygen atoms in total. The van der Waals surface area contributed by atoms with Gasteiger partial charge in [0.1, 0.15) is 26.4 Å². The van der Waals surface area contributed by atoms with Gasteiger partial charge in [0.15, 0.2) is 46.0 Å². The zero-order valence-corrected chi connectivity index (χ0v) is 34.4. The van der Waals surface area contributed by atoms with Gasteiger partial charge in [-0.2, -0.15) is 0 Å². The van der Waals surface area contributed by atoms with Gasteiger partial charge in [0, 0.05) is 11.1 Å². The van der Waals surface area contributed by atoms with Crippen molar-refractivity contribution in [3.63, 3.8) is 0 Å². The largest absolute Gasteiger partial charge is 0.486 e. The second-order valence-electron chi connectivity index (χ2n) is 17.8. The van der Waals surface area contributed by atoms with E-state index in [-0.39, 0.29) is 21.7 Å². The van der Waals surface area contributed by atoms with Gasteiger partial charge >= 0.3 is 0 Å². The Morgan fingerprint density at radius 3 is 1.22 bits per heavy atom. The average Bonchev–Trinajstić information content (AvgIpc) is 3.80. The molecule has 0 fully saturated rings. The number of hydrogen-bond donors (Lipinski definition) is 0. The van der Waals surface area contributed by atoms with E-state index in [1.165, 1.54) is 22.3 Å². The van der Waals surface area contributed by atoms with E-state index in [0.717, 1.165) is 46.0 Å². The lowest BCUT2D eigenvalue weighted by atomic mass is 9.86. The molecule has 4 aliphatic heterocycles. The minimum Gasteiger partial charge on any atom is -0.486 e. The van der Waals surface area contributed by atoms with Gasteiger partial charge in [-0.1, -0.05) is 119 Å². The molecule has 0 amide bonds. The molecule has 0 saturated heterocycles. The van der Waals surface area contributed by atoms with E-state index in [1.807, 2.05) is 36.4 Å². The maximum atomic E-state index is 5.66. The summed E-state index contributed by atoms with van der Waals surface area (Å²) in [5.41, 5.74) is 5.53. The molecule has 4 aromatic carbocycles. The van der Waals surface area contributed by atoms with Gasteiger partial charge in [0.25, 0.3) is 0 Å². The molecule has 0 atom stereocenters. The molecule has 0 N–H and O–H groups in total. The molecule has 0 aliphatic carbocycles. The summed E-state index contributed by atoms with van der Waals surface area (Å²) in [6.07, 6.45) is 0. The highest BCUT2D eigenvalue weighted by Crippen LogP contribution is 2.42. The first-order valence-corrected chi connectivity index (χ1v) is 18.9. The summed E-state index contributed by atoms with van der Waals surface area (Å²) >= 11 is 0. The molecule has 0 spiro atoms. The molecule has 0 bridgehead atoms. The lowest BCUT2D eigenvalue weighted by molar-refractivity contribution is 0.168. The number of hydrogen-bond acceptors (Lipinski definition) is 8. The third-order valence-corrected chi connectivity index (χ3v) is 9.23. The van der Waals surface area contributed by atoms with Gasteiger partial charge in [-0.05, 0) is 69.2 Å². The maximum Gasteiger partial charge on any atom is 0.231 e. The van der Waals surface area contributed by atoms with Crippen molar-refractivity contribution in [1.29, 1.82) is 0 Å². The van der Waals surface area contributed by atoms with Crippen LogP contribution in [0.5, 0.6) is 46.0 Å². The van der Waals surface area contributed by atoms with Gasteiger partial charge in [-0.15, -0.1) is 0 Å². The van der Waals surface area contributed by atoms with E-state index in [4.69, 9.17) is 37.9 Å². The third-order valence-electron chi connectivity index (χ3n) is 9.23. The summed E-state index contributed by atoms with van der Waals surface area (Å²) in [7, 11) is 0. The van der Waals surface area contributed by atoms with Crippen LogP contribution in [0, 0.1) is 0 Å². The molecule has 54 heavy (non-hydrogen) atoms. The minimum atomic E-state index is 0.103. The molecule has 0 radical (unpaired) electrons. The molecule has 8 heteroatoms. The van der Waals surface area contributed by atoms with E-state index >= 15 is 0 Å². The number of ether oxygens (including phenoxy) is 8. The predicted molar refractivity (Wildman–Crippen MR) is 215 cm³/mol. The van der Waals surface area contributed by atoms with Gasteiger partial charge in [0.2, 0.25) is 13.6 Å². The highest BCUT2D eigenvalue weighted by atomic mass is 16.7. The number of fused-ring (bicyclic) bond motifs is 4. The van der Waals surface area contributed by atoms with Crippen LogP contribution in [0.25, 0.3) is 0 Å². The first-order valence-electron chi connectivity index (χ1n) is 18.9. The molecular formula is C46H60O8. The van der Waals surface area contributed by atoms with Crippen molar-refractivity contribution in [2.45, 2.75) is 105 Å². The van der Waals surface area contributed by atoms with Crippen LogP contribution in [0.1, 0.15) is 105 Å². The third kappa shape index (κ3) is 10.3. The zero-order chi connectivity index (χ0) is 39.3. The van der Waals surface area contributed by atoms with Crippen LogP contribution >= 0.6 is 0 Å². The number of rotatable bonds is 0. The van der Waals surface area contributed by atoms with Crippen LogP contribution in [-0.4, -0.2) is 40.0 Å². The van der Waals surface area contributed by atoms with Gasteiger partial charge in [0.05, 0.1) is 0 Å². The van der Waals surface area contributed by atoms with Crippen LogP contribution in [0.4, 0.5) is 0 Å². The molecule has 4 aliphatic rings. The Balaban J connectivity index is 0.000000139. The molecule has 4 aromatic rings. The Morgan fingerprint density at radius 1 is 0.333 bits per heavy atom. The molecular weight excluding hydrogens is 680 g/mol. The minimum absolute atomic E-state index is 0.103. The lowest BCUT2D eigenvalue weighted by Gasteiger charge is -2.27. The zero-order valence-electron chi connectivity index (χ0n) is 34.4. The molecule has 4 heterocycles. The summed E-state index contributed by atoms with van der Waals surface area (Å²) < 4.78 is 43.5. The first-order chi connectivity index (χ1) is 25.3. The maximum absolute atomic E-state index is 5.66. The van der Waals surface area contributed by atoms with E-state index in [0.29, 0.717) is 40.0 Å². The monoisotopic (exact) mass is 740 g/mol. The predicted octanol–water partition coefficient (Wildman–Crippen LogP) is 10.9. The Morgan fingerprint density at radius 2 is 0.704 bits per heavy atom.